The average Bonchev–Trinajstić information content (AvgIpc) is 3.09. The number of ether oxygens (including phenoxy) is 3. The van der Waals surface area contributed by atoms with Gasteiger partial charge >= 0.3 is 11.9 Å². The summed E-state index contributed by atoms with van der Waals surface area (Å²) < 4.78 is 17.0. The van der Waals surface area contributed by atoms with Gasteiger partial charge in [0.2, 0.25) is 0 Å². The third-order valence-corrected chi connectivity index (χ3v) is 8.66. The predicted molar refractivity (Wildman–Crippen MR) is 212 cm³/mol. The van der Waals surface area contributed by atoms with E-state index in [2.05, 4.69) is 62.5 Å². The lowest BCUT2D eigenvalue weighted by molar-refractivity contribution is -0.889. The molecule has 0 aliphatic heterocycles. The van der Waals surface area contributed by atoms with E-state index in [1.54, 1.807) is 21.1 Å². The number of carbonyl (C=O) groups excluding carboxylic acids is 3. The van der Waals surface area contributed by atoms with Gasteiger partial charge in [-0.25, -0.2) is 0 Å². The third kappa shape index (κ3) is 32.9. The second kappa shape index (κ2) is 35.1. The van der Waals surface area contributed by atoms with Crippen LogP contribution in [0.25, 0.3) is 0 Å². The molecule has 0 aliphatic rings. The smallest absolute Gasteiger partial charge is 0.306 e. The van der Waals surface area contributed by atoms with Crippen molar-refractivity contribution >= 4 is 17.9 Å². The number of carboxylic acids is 1. The molecule has 0 rings (SSSR count). The molecule has 0 aromatic carbocycles. The van der Waals surface area contributed by atoms with E-state index >= 15 is 0 Å². The van der Waals surface area contributed by atoms with Crippen LogP contribution in [0, 0.1) is 0 Å². The molecule has 298 valence electrons. The van der Waals surface area contributed by atoms with Gasteiger partial charge < -0.3 is 28.6 Å². The Morgan fingerprint density at radius 1 is 0.577 bits per heavy atom. The summed E-state index contributed by atoms with van der Waals surface area (Å²) in [5.74, 6) is -1.84. The standard InChI is InChI=1S/C44H75NO7/c1-6-8-10-12-14-15-16-17-18-19-20-21-22-23-24-25-26-27-29-31-33-35-43(47)52-40(38-50-37-36-41(44(48)49)45(3,4)5)39-51-42(46)34-32-30-28-13-11-9-7-2/h8-11,14-15,17-18,28,30,40-41H,6-7,12-13,16,19-27,29,31-39H2,1-5H3/b10-8+,11-9+,15-14+,18-17+,30-28+. The van der Waals surface area contributed by atoms with Gasteiger partial charge in [-0.05, 0) is 57.8 Å². The first-order chi connectivity index (χ1) is 25.1. The summed E-state index contributed by atoms with van der Waals surface area (Å²) in [5, 5.41) is 11.6. The SMILES string of the molecule is CC/C=C/C/C=C/C/C=C/CCCCCCCCCCCCCC(=O)OC(COCCC(C(=O)[O-])[N+](C)(C)C)COC(=O)CC/C=C/C/C=C/CC. The molecule has 0 fully saturated rings. The Hall–Kier alpha value is -2.97. The summed E-state index contributed by atoms with van der Waals surface area (Å²) in [7, 11) is 5.37. The molecular weight excluding hydrogens is 654 g/mol. The number of rotatable bonds is 35. The minimum atomic E-state index is -1.14. The zero-order valence-corrected chi connectivity index (χ0v) is 33.7. The van der Waals surface area contributed by atoms with Crippen molar-refractivity contribution in [3.05, 3.63) is 60.8 Å². The number of carbonyl (C=O) groups is 3. The number of hydrogen-bond acceptors (Lipinski definition) is 7. The Kier molecular flexibility index (Phi) is 33.1. The lowest BCUT2D eigenvalue weighted by Crippen LogP contribution is -2.55. The molecule has 0 bridgehead atoms. The average molecular weight is 730 g/mol. The first-order valence-corrected chi connectivity index (χ1v) is 20.3. The van der Waals surface area contributed by atoms with Crippen LogP contribution in [-0.2, 0) is 28.6 Å². The van der Waals surface area contributed by atoms with Crippen LogP contribution in [0.15, 0.2) is 60.8 Å². The zero-order valence-electron chi connectivity index (χ0n) is 33.7. The van der Waals surface area contributed by atoms with E-state index in [0.29, 0.717) is 12.8 Å². The van der Waals surface area contributed by atoms with Crippen molar-refractivity contribution in [3.63, 3.8) is 0 Å². The van der Waals surface area contributed by atoms with Gasteiger partial charge in [-0.3, -0.25) is 9.59 Å². The fourth-order valence-electron chi connectivity index (χ4n) is 5.56. The molecular formula is C44H75NO7. The van der Waals surface area contributed by atoms with Gasteiger partial charge in [0.25, 0.3) is 0 Å². The van der Waals surface area contributed by atoms with Crippen molar-refractivity contribution in [3.8, 4) is 0 Å². The topological polar surface area (TPSA) is 102 Å². The Morgan fingerprint density at radius 2 is 1.06 bits per heavy atom. The van der Waals surface area contributed by atoms with Gasteiger partial charge in [0.05, 0.1) is 40.3 Å². The molecule has 0 spiro atoms. The third-order valence-electron chi connectivity index (χ3n) is 8.66. The lowest BCUT2D eigenvalue weighted by atomic mass is 10.0. The van der Waals surface area contributed by atoms with Crippen molar-refractivity contribution in [2.24, 2.45) is 0 Å². The Morgan fingerprint density at radius 3 is 1.58 bits per heavy atom. The number of esters is 2. The highest BCUT2D eigenvalue weighted by Crippen LogP contribution is 2.14. The molecule has 52 heavy (non-hydrogen) atoms. The van der Waals surface area contributed by atoms with E-state index in [0.717, 1.165) is 51.4 Å². The fourth-order valence-corrected chi connectivity index (χ4v) is 5.56. The zero-order chi connectivity index (χ0) is 38.5. The molecule has 2 unspecified atom stereocenters. The van der Waals surface area contributed by atoms with Crippen molar-refractivity contribution < 1.29 is 38.2 Å². The molecule has 0 aromatic rings. The van der Waals surface area contributed by atoms with Gasteiger partial charge in [0.1, 0.15) is 12.6 Å². The Labute approximate surface area is 318 Å². The molecule has 0 N–H and O–H groups in total. The number of likely N-dealkylation sites (N-methyl/N-ethyl adjacent to an activating group) is 1. The number of hydrogen-bond donors (Lipinski definition) is 0. The first kappa shape index (κ1) is 49.0. The van der Waals surface area contributed by atoms with Crippen molar-refractivity contribution in [2.75, 3.05) is 41.0 Å². The predicted octanol–water partition coefficient (Wildman–Crippen LogP) is 9.30. The molecule has 2 atom stereocenters. The monoisotopic (exact) mass is 730 g/mol. The summed E-state index contributed by atoms with van der Waals surface area (Å²) in [6, 6.07) is -0.733. The maximum atomic E-state index is 12.6. The molecule has 0 heterocycles. The van der Waals surface area contributed by atoms with E-state index in [4.69, 9.17) is 14.2 Å². The summed E-state index contributed by atoms with van der Waals surface area (Å²) in [5.41, 5.74) is 0. The molecule has 0 saturated heterocycles. The number of aliphatic carboxylic acids is 1. The first-order valence-electron chi connectivity index (χ1n) is 20.3. The Bertz CT molecular complexity index is 1040. The van der Waals surface area contributed by atoms with Gasteiger partial charge in [0.15, 0.2) is 6.10 Å². The van der Waals surface area contributed by atoms with Crippen molar-refractivity contribution in [2.45, 2.75) is 161 Å². The van der Waals surface area contributed by atoms with Crippen molar-refractivity contribution in [1.29, 1.82) is 0 Å². The van der Waals surface area contributed by atoms with Gasteiger partial charge in [-0.1, -0.05) is 132 Å². The van der Waals surface area contributed by atoms with Crippen LogP contribution in [-0.4, -0.2) is 75.5 Å². The van der Waals surface area contributed by atoms with Crippen LogP contribution in [0.5, 0.6) is 0 Å². The summed E-state index contributed by atoms with van der Waals surface area (Å²) in [6.45, 7) is 4.32. The van der Waals surface area contributed by atoms with Crippen LogP contribution in [0.2, 0.25) is 0 Å². The second-order valence-corrected chi connectivity index (χ2v) is 14.5. The van der Waals surface area contributed by atoms with Crippen LogP contribution in [0.4, 0.5) is 0 Å². The second-order valence-electron chi connectivity index (χ2n) is 14.5. The number of unbranched alkanes of at least 4 members (excludes halogenated alkanes) is 11. The highest BCUT2D eigenvalue weighted by atomic mass is 16.6. The molecule has 8 heteroatoms. The van der Waals surface area contributed by atoms with Crippen LogP contribution in [0.1, 0.15) is 149 Å². The largest absolute Gasteiger partial charge is 0.544 e. The maximum absolute atomic E-state index is 12.6. The molecule has 0 saturated carbocycles. The van der Waals surface area contributed by atoms with E-state index in [1.807, 2.05) is 12.2 Å². The van der Waals surface area contributed by atoms with Gasteiger partial charge in [0, 0.05) is 19.3 Å². The Balaban J connectivity index is 4.25. The molecule has 0 radical (unpaired) electrons. The maximum Gasteiger partial charge on any atom is 0.306 e. The summed E-state index contributed by atoms with van der Waals surface area (Å²) >= 11 is 0. The number of allylic oxidation sites excluding steroid dienone is 10. The van der Waals surface area contributed by atoms with E-state index in [-0.39, 0.29) is 49.1 Å². The van der Waals surface area contributed by atoms with Gasteiger partial charge in [-0.2, -0.15) is 0 Å². The highest BCUT2D eigenvalue weighted by Gasteiger charge is 2.25. The lowest BCUT2D eigenvalue weighted by Gasteiger charge is -2.34. The summed E-state index contributed by atoms with van der Waals surface area (Å²) in [4.78, 5) is 36.5. The number of quaternary nitrogens is 1. The minimum Gasteiger partial charge on any atom is -0.544 e. The highest BCUT2D eigenvalue weighted by molar-refractivity contribution is 5.70. The summed E-state index contributed by atoms with van der Waals surface area (Å²) in [6.07, 6.45) is 41.5. The number of nitrogens with zero attached hydrogens (tertiary/aromatic N) is 1. The molecule has 0 aliphatic carbocycles. The van der Waals surface area contributed by atoms with Crippen molar-refractivity contribution in [1.82, 2.24) is 0 Å². The fraction of sp³-hybridized carbons (Fsp3) is 0.705. The van der Waals surface area contributed by atoms with Crippen LogP contribution < -0.4 is 5.11 Å². The molecule has 8 nitrogen and oxygen atoms in total. The molecule has 0 aromatic heterocycles. The van der Waals surface area contributed by atoms with Gasteiger partial charge in [-0.15, -0.1) is 0 Å². The van der Waals surface area contributed by atoms with E-state index in [9.17, 15) is 19.5 Å². The van der Waals surface area contributed by atoms with E-state index in [1.165, 1.54) is 57.8 Å². The van der Waals surface area contributed by atoms with Crippen LogP contribution in [0.3, 0.4) is 0 Å². The van der Waals surface area contributed by atoms with Crippen LogP contribution >= 0.6 is 0 Å². The minimum absolute atomic E-state index is 0.0199. The number of carboxylic acid groups (broad SMARTS) is 1. The molecule has 0 amide bonds. The van der Waals surface area contributed by atoms with E-state index < -0.39 is 18.1 Å². The quantitative estimate of drug-likeness (QED) is 0.0277. The normalized spacial score (nSPS) is 13.6.